The van der Waals surface area contributed by atoms with Crippen LogP contribution in [0.4, 0.5) is 11.5 Å². The molecule has 6 heteroatoms. The predicted octanol–water partition coefficient (Wildman–Crippen LogP) is 5.76. The standard InChI is InChI=1S/C26H26N4OS/c1-17-9-11-20(12-10-17)23-18(2)32-26-24(23)25(28-16-29-26)27-14-13-22(31)30-15-5-7-19-6-3-4-8-21(19)30/h3-4,6,8-12,16H,5,7,13-15H2,1-2H3,(H,27,28,29). The Bertz CT molecular complexity index is 1280. The van der Waals surface area contributed by atoms with Gasteiger partial charge >= 0.3 is 0 Å². The van der Waals surface area contributed by atoms with E-state index in [1.165, 1.54) is 27.1 Å². The molecule has 5 rings (SSSR count). The number of aryl methyl sites for hydroxylation is 3. The van der Waals surface area contributed by atoms with Gasteiger partial charge in [-0.25, -0.2) is 9.97 Å². The Hall–Kier alpha value is -3.25. The Morgan fingerprint density at radius 2 is 1.91 bits per heavy atom. The minimum absolute atomic E-state index is 0.148. The number of aromatic nitrogens is 2. The number of carbonyl (C=O) groups excluding carboxylic acids is 1. The van der Waals surface area contributed by atoms with Crippen LogP contribution in [-0.2, 0) is 11.2 Å². The van der Waals surface area contributed by atoms with Crippen LogP contribution in [0.1, 0.15) is 28.8 Å². The summed E-state index contributed by atoms with van der Waals surface area (Å²) in [6, 6.07) is 16.8. The average Bonchev–Trinajstić information content (AvgIpc) is 3.15. The molecule has 0 atom stereocenters. The molecule has 0 unspecified atom stereocenters. The van der Waals surface area contributed by atoms with E-state index in [9.17, 15) is 4.79 Å². The molecule has 5 nitrogen and oxygen atoms in total. The molecule has 0 saturated carbocycles. The van der Waals surface area contributed by atoms with Gasteiger partial charge in [0.25, 0.3) is 0 Å². The maximum atomic E-state index is 13.0. The number of nitrogens with one attached hydrogen (secondary N) is 1. The fourth-order valence-electron chi connectivity index (χ4n) is 4.46. The normalized spacial score (nSPS) is 13.2. The monoisotopic (exact) mass is 442 g/mol. The first-order chi connectivity index (χ1) is 15.6. The highest BCUT2D eigenvalue weighted by Crippen LogP contribution is 2.40. The van der Waals surface area contributed by atoms with Gasteiger partial charge in [0.1, 0.15) is 17.0 Å². The summed E-state index contributed by atoms with van der Waals surface area (Å²) >= 11 is 1.68. The molecular formula is C26H26N4OS. The molecule has 3 heterocycles. The van der Waals surface area contributed by atoms with Gasteiger partial charge in [-0.3, -0.25) is 4.79 Å². The van der Waals surface area contributed by atoms with Gasteiger partial charge in [0.15, 0.2) is 0 Å². The third kappa shape index (κ3) is 3.86. The van der Waals surface area contributed by atoms with Crippen molar-refractivity contribution in [3.05, 3.63) is 70.9 Å². The van der Waals surface area contributed by atoms with Crippen LogP contribution in [-0.4, -0.2) is 29.0 Å². The van der Waals surface area contributed by atoms with E-state index in [4.69, 9.17) is 0 Å². The van der Waals surface area contributed by atoms with Crippen LogP contribution in [0.25, 0.3) is 21.3 Å². The number of amides is 1. The quantitative estimate of drug-likeness (QED) is 0.427. The van der Waals surface area contributed by atoms with Crippen LogP contribution in [0.5, 0.6) is 0 Å². The summed E-state index contributed by atoms with van der Waals surface area (Å²) in [5, 5.41) is 4.46. The van der Waals surface area contributed by atoms with E-state index in [2.05, 4.69) is 65.5 Å². The lowest BCUT2D eigenvalue weighted by atomic mass is 10.0. The first kappa shape index (κ1) is 20.6. The topological polar surface area (TPSA) is 58.1 Å². The highest BCUT2D eigenvalue weighted by molar-refractivity contribution is 7.19. The fourth-order valence-corrected chi connectivity index (χ4v) is 5.47. The van der Waals surface area contributed by atoms with Crippen LogP contribution in [0, 0.1) is 13.8 Å². The van der Waals surface area contributed by atoms with Crippen molar-refractivity contribution in [3.8, 4) is 11.1 Å². The van der Waals surface area contributed by atoms with Gasteiger partial charge in [-0.1, -0.05) is 48.0 Å². The molecule has 0 bridgehead atoms. The second-order valence-corrected chi connectivity index (χ2v) is 9.46. The Morgan fingerprint density at radius 1 is 1.09 bits per heavy atom. The molecule has 0 aliphatic carbocycles. The van der Waals surface area contributed by atoms with E-state index in [1.807, 2.05) is 17.0 Å². The minimum Gasteiger partial charge on any atom is -0.369 e. The third-order valence-electron chi connectivity index (χ3n) is 6.05. The predicted molar refractivity (Wildman–Crippen MR) is 133 cm³/mol. The van der Waals surface area contributed by atoms with E-state index in [-0.39, 0.29) is 5.91 Å². The van der Waals surface area contributed by atoms with Crippen LogP contribution < -0.4 is 10.2 Å². The molecular weight excluding hydrogens is 416 g/mol. The first-order valence-corrected chi connectivity index (χ1v) is 11.9. The molecule has 0 spiro atoms. The molecule has 32 heavy (non-hydrogen) atoms. The SMILES string of the molecule is Cc1ccc(-c2c(C)sc3ncnc(NCCC(=O)N4CCCc5ccccc54)c23)cc1. The largest absolute Gasteiger partial charge is 0.369 e. The summed E-state index contributed by atoms with van der Waals surface area (Å²) in [6.45, 7) is 5.54. The molecule has 162 valence electrons. The molecule has 0 radical (unpaired) electrons. The van der Waals surface area contributed by atoms with E-state index in [0.29, 0.717) is 13.0 Å². The van der Waals surface area contributed by atoms with Crippen molar-refractivity contribution in [3.63, 3.8) is 0 Å². The Kier molecular flexibility index (Phi) is 5.62. The van der Waals surface area contributed by atoms with Crippen molar-refractivity contribution in [2.45, 2.75) is 33.1 Å². The van der Waals surface area contributed by atoms with Crippen LogP contribution in [0.2, 0.25) is 0 Å². The Morgan fingerprint density at radius 3 is 2.75 bits per heavy atom. The van der Waals surface area contributed by atoms with Crippen molar-refractivity contribution < 1.29 is 4.79 Å². The van der Waals surface area contributed by atoms with Crippen molar-refractivity contribution in [1.29, 1.82) is 0 Å². The second kappa shape index (κ2) is 8.71. The molecule has 1 N–H and O–H groups in total. The molecule has 0 fully saturated rings. The summed E-state index contributed by atoms with van der Waals surface area (Å²) in [5.74, 6) is 0.942. The number of hydrogen-bond acceptors (Lipinski definition) is 5. The highest BCUT2D eigenvalue weighted by atomic mass is 32.1. The second-order valence-electron chi connectivity index (χ2n) is 8.26. The Labute approximate surface area is 192 Å². The summed E-state index contributed by atoms with van der Waals surface area (Å²) in [5.41, 5.74) is 5.89. The number of nitrogens with zero attached hydrogens (tertiary/aromatic N) is 3. The highest BCUT2D eigenvalue weighted by Gasteiger charge is 2.22. The molecule has 4 aromatic rings. The molecule has 1 aliphatic rings. The fraction of sp³-hybridized carbons (Fsp3) is 0.269. The number of rotatable bonds is 5. The van der Waals surface area contributed by atoms with Gasteiger partial charge in [0.05, 0.1) is 5.39 Å². The smallest absolute Gasteiger partial charge is 0.228 e. The maximum absolute atomic E-state index is 13.0. The molecule has 2 aromatic carbocycles. The molecule has 1 amide bonds. The summed E-state index contributed by atoms with van der Waals surface area (Å²) < 4.78 is 0. The minimum atomic E-state index is 0.148. The van der Waals surface area contributed by atoms with Gasteiger partial charge in [0.2, 0.25) is 5.91 Å². The number of carbonyl (C=O) groups is 1. The lowest BCUT2D eigenvalue weighted by molar-refractivity contribution is -0.118. The Balaban J connectivity index is 1.36. The van der Waals surface area contributed by atoms with Crippen LogP contribution in [0.15, 0.2) is 54.9 Å². The zero-order valence-electron chi connectivity index (χ0n) is 18.4. The van der Waals surface area contributed by atoms with Crippen molar-refractivity contribution in [1.82, 2.24) is 9.97 Å². The van der Waals surface area contributed by atoms with Gasteiger partial charge in [-0.05, 0) is 43.9 Å². The van der Waals surface area contributed by atoms with Gasteiger partial charge < -0.3 is 10.2 Å². The van der Waals surface area contributed by atoms with E-state index < -0.39 is 0 Å². The van der Waals surface area contributed by atoms with Gasteiger partial charge in [-0.15, -0.1) is 11.3 Å². The summed E-state index contributed by atoms with van der Waals surface area (Å²) in [6.07, 6.45) is 4.07. The van der Waals surface area contributed by atoms with Crippen molar-refractivity contribution >= 4 is 39.0 Å². The van der Waals surface area contributed by atoms with E-state index >= 15 is 0 Å². The summed E-state index contributed by atoms with van der Waals surface area (Å²) in [7, 11) is 0. The van der Waals surface area contributed by atoms with Crippen LogP contribution in [0.3, 0.4) is 0 Å². The van der Waals surface area contributed by atoms with Gasteiger partial charge in [0, 0.05) is 35.6 Å². The molecule has 1 aliphatic heterocycles. The van der Waals surface area contributed by atoms with Gasteiger partial charge in [-0.2, -0.15) is 0 Å². The maximum Gasteiger partial charge on any atom is 0.228 e. The molecule has 2 aromatic heterocycles. The molecule has 0 saturated heterocycles. The number of fused-ring (bicyclic) bond motifs is 2. The lowest BCUT2D eigenvalue weighted by Gasteiger charge is -2.29. The first-order valence-electron chi connectivity index (χ1n) is 11.0. The van der Waals surface area contributed by atoms with Crippen LogP contribution >= 0.6 is 11.3 Å². The third-order valence-corrected chi connectivity index (χ3v) is 7.06. The van der Waals surface area contributed by atoms with E-state index in [0.717, 1.165) is 41.1 Å². The van der Waals surface area contributed by atoms with Crippen molar-refractivity contribution in [2.24, 2.45) is 0 Å². The summed E-state index contributed by atoms with van der Waals surface area (Å²) in [4.78, 5) is 26.1. The number of anilines is 2. The van der Waals surface area contributed by atoms with Crippen molar-refractivity contribution in [2.75, 3.05) is 23.3 Å². The zero-order valence-corrected chi connectivity index (χ0v) is 19.2. The van der Waals surface area contributed by atoms with E-state index in [1.54, 1.807) is 17.7 Å². The lowest BCUT2D eigenvalue weighted by Crippen LogP contribution is -2.36. The number of benzene rings is 2. The number of para-hydroxylation sites is 1. The number of hydrogen-bond donors (Lipinski definition) is 1. The number of thiophene rings is 1. The zero-order chi connectivity index (χ0) is 22.1. The average molecular weight is 443 g/mol.